The molecule has 14 nitrogen and oxygen atoms in total. The SMILES string of the molecule is COC(=O)Nc1ncc(-c2ccccc2)n(CC(=O)NC(C(=O)c2nnc(C(C)(C)c3ccc(OC)c(OC)c3)o2)C(C)C)c1=O. The molecule has 0 radical (unpaired) electrons. The second kappa shape index (κ2) is 14.1. The van der Waals surface area contributed by atoms with Crippen LogP contribution in [0.5, 0.6) is 11.5 Å². The van der Waals surface area contributed by atoms with Gasteiger partial charge in [0.05, 0.1) is 44.7 Å². The van der Waals surface area contributed by atoms with Crippen molar-refractivity contribution in [1.82, 2.24) is 25.1 Å². The molecule has 4 aromatic rings. The predicted molar refractivity (Wildman–Crippen MR) is 167 cm³/mol. The molecule has 46 heavy (non-hydrogen) atoms. The number of methoxy groups -OCH3 is 3. The van der Waals surface area contributed by atoms with Gasteiger partial charge in [-0.05, 0) is 43.0 Å². The molecular weight excluding hydrogens is 596 g/mol. The number of carbonyl (C=O) groups excluding carboxylic acids is 3. The minimum absolute atomic E-state index is 0.179. The molecular formula is C32H36N6O8. The van der Waals surface area contributed by atoms with Crippen molar-refractivity contribution >= 4 is 23.6 Å². The number of hydrogen-bond donors (Lipinski definition) is 2. The van der Waals surface area contributed by atoms with E-state index in [1.165, 1.54) is 13.3 Å². The van der Waals surface area contributed by atoms with Crippen molar-refractivity contribution in [3.05, 3.63) is 82.4 Å². The summed E-state index contributed by atoms with van der Waals surface area (Å²) in [7, 11) is 4.22. The van der Waals surface area contributed by atoms with Gasteiger partial charge in [-0.25, -0.2) is 9.78 Å². The van der Waals surface area contributed by atoms with Crippen LogP contribution < -0.4 is 25.7 Å². The van der Waals surface area contributed by atoms with E-state index in [4.69, 9.17) is 13.9 Å². The summed E-state index contributed by atoms with van der Waals surface area (Å²) in [5.41, 5.74) is 0.153. The highest BCUT2D eigenvalue weighted by atomic mass is 16.5. The lowest BCUT2D eigenvalue weighted by Crippen LogP contribution is -2.46. The van der Waals surface area contributed by atoms with Gasteiger partial charge in [-0.1, -0.05) is 50.2 Å². The van der Waals surface area contributed by atoms with Gasteiger partial charge in [0.1, 0.15) is 6.54 Å². The van der Waals surface area contributed by atoms with Gasteiger partial charge in [-0.2, -0.15) is 0 Å². The zero-order valence-electron chi connectivity index (χ0n) is 26.6. The molecule has 0 saturated carbocycles. The van der Waals surface area contributed by atoms with E-state index in [1.807, 2.05) is 19.9 Å². The molecule has 0 aliphatic carbocycles. The van der Waals surface area contributed by atoms with Crippen LogP contribution in [0.1, 0.15) is 49.8 Å². The number of nitrogens with zero attached hydrogens (tertiary/aromatic N) is 4. The Morgan fingerprint density at radius 1 is 0.978 bits per heavy atom. The number of rotatable bonds is 12. The van der Waals surface area contributed by atoms with Crippen molar-refractivity contribution in [2.45, 2.75) is 45.7 Å². The van der Waals surface area contributed by atoms with Gasteiger partial charge in [-0.15, -0.1) is 10.2 Å². The average molecular weight is 633 g/mol. The Morgan fingerprint density at radius 2 is 1.67 bits per heavy atom. The zero-order chi connectivity index (χ0) is 33.6. The Balaban J connectivity index is 1.59. The number of ketones is 1. The Morgan fingerprint density at radius 3 is 2.30 bits per heavy atom. The second-order valence-electron chi connectivity index (χ2n) is 11.1. The summed E-state index contributed by atoms with van der Waals surface area (Å²) in [6.45, 7) is 6.73. The van der Waals surface area contributed by atoms with Crippen molar-refractivity contribution < 1.29 is 33.0 Å². The molecule has 2 aromatic carbocycles. The fourth-order valence-electron chi connectivity index (χ4n) is 4.67. The van der Waals surface area contributed by atoms with E-state index < -0.39 is 41.3 Å². The highest BCUT2D eigenvalue weighted by molar-refractivity contribution is 5.98. The molecule has 0 saturated heterocycles. The highest BCUT2D eigenvalue weighted by Gasteiger charge is 2.35. The summed E-state index contributed by atoms with van der Waals surface area (Å²) >= 11 is 0. The van der Waals surface area contributed by atoms with E-state index in [0.29, 0.717) is 22.8 Å². The molecule has 2 heterocycles. The van der Waals surface area contributed by atoms with Crippen LogP contribution in [0.25, 0.3) is 11.3 Å². The summed E-state index contributed by atoms with van der Waals surface area (Å²) in [5.74, 6) is -0.980. The van der Waals surface area contributed by atoms with Crippen molar-refractivity contribution in [1.29, 1.82) is 0 Å². The number of Topliss-reactive ketones (excluding diaryl/α,β-unsaturated/α-hetero) is 1. The molecule has 0 aliphatic heterocycles. The Labute approximate surface area is 265 Å². The zero-order valence-corrected chi connectivity index (χ0v) is 26.6. The number of benzene rings is 2. The van der Waals surface area contributed by atoms with Crippen LogP contribution in [0.4, 0.5) is 10.6 Å². The highest BCUT2D eigenvalue weighted by Crippen LogP contribution is 2.36. The van der Waals surface area contributed by atoms with Crippen LogP contribution in [0.15, 0.2) is 63.9 Å². The molecule has 0 bridgehead atoms. The summed E-state index contributed by atoms with van der Waals surface area (Å²) in [5, 5.41) is 13.1. The number of hydrogen-bond acceptors (Lipinski definition) is 11. The second-order valence-corrected chi connectivity index (χ2v) is 11.1. The van der Waals surface area contributed by atoms with Crippen molar-refractivity contribution in [3.8, 4) is 22.8 Å². The first-order valence-corrected chi connectivity index (χ1v) is 14.3. The lowest BCUT2D eigenvalue weighted by Gasteiger charge is -2.22. The monoisotopic (exact) mass is 632 g/mol. The third-order valence-corrected chi connectivity index (χ3v) is 7.37. The van der Waals surface area contributed by atoms with E-state index in [1.54, 1.807) is 63.4 Å². The van der Waals surface area contributed by atoms with Gasteiger partial charge in [0.2, 0.25) is 23.4 Å². The van der Waals surface area contributed by atoms with Crippen LogP contribution in [-0.2, 0) is 21.5 Å². The maximum absolute atomic E-state index is 13.6. The number of ether oxygens (including phenoxy) is 3. The number of amides is 2. The van der Waals surface area contributed by atoms with Crippen LogP contribution in [0, 0.1) is 5.92 Å². The van der Waals surface area contributed by atoms with Crippen LogP contribution in [0.3, 0.4) is 0 Å². The summed E-state index contributed by atoms with van der Waals surface area (Å²) in [6.07, 6.45) is 0.465. The average Bonchev–Trinajstić information content (AvgIpc) is 3.56. The Bertz CT molecular complexity index is 1780. The van der Waals surface area contributed by atoms with Gasteiger partial charge in [-0.3, -0.25) is 24.3 Å². The van der Waals surface area contributed by atoms with E-state index >= 15 is 0 Å². The van der Waals surface area contributed by atoms with Crippen LogP contribution >= 0.6 is 0 Å². The van der Waals surface area contributed by atoms with Gasteiger partial charge >= 0.3 is 6.09 Å². The Hall–Kier alpha value is -5.53. The minimum Gasteiger partial charge on any atom is -0.493 e. The Kier molecular flexibility index (Phi) is 10.2. The summed E-state index contributed by atoms with van der Waals surface area (Å²) in [4.78, 5) is 56.2. The minimum atomic E-state index is -1.06. The quantitative estimate of drug-likeness (QED) is 0.217. The van der Waals surface area contributed by atoms with Crippen molar-refractivity contribution in [3.63, 3.8) is 0 Å². The topological polar surface area (TPSA) is 177 Å². The fraction of sp³-hybridized carbons (Fsp3) is 0.344. The molecule has 0 spiro atoms. The predicted octanol–water partition coefficient (Wildman–Crippen LogP) is 3.84. The van der Waals surface area contributed by atoms with Gasteiger partial charge in [0.25, 0.3) is 11.4 Å². The molecule has 242 valence electrons. The number of anilines is 1. The smallest absolute Gasteiger partial charge is 0.412 e. The van der Waals surface area contributed by atoms with E-state index in [-0.39, 0.29) is 23.5 Å². The number of carbonyl (C=O) groups is 3. The molecule has 2 N–H and O–H groups in total. The third-order valence-electron chi connectivity index (χ3n) is 7.37. The molecule has 4 rings (SSSR count). The first kappa shape index (κ1) is 33.4. The molecule has 1 atom stereocenters. The maximum atomic E-state index is 13.6. The van der Waals surface area contributed by atoms with Gasteiger partial charge in [0.15, 0.2) is 11.5 Å². The molecule has 14 heteroatoms. The molecule has 0 fully saturated rings. The third kappa shape index (κ3) is 7.06. The first-order valence-electron chi connectivity index (χ1n) is 14.3. The van der Waals surface area contributed by atoms with Gasteiger partial charge in [0, 0.05) is 0 Å². The van der Waals surface area contributed by atoms with Crippen molar-refractivity contribution in [2.75, 3.05) is 26.6 Å². The van der Waals surface area contributed by atoms with Crippen molar-refractivity contribution in [2.24, 2.45) is 5.92 Å². The largest absolute Gasteiger partial charge is 0.493 e. The van der Waals surface area contributed by atoms with Crippen LogP contribution in [0.2, 0.25) is 0 Å². The van der Waals surface area contributed by atoms with E-state index in [2.05, 4.69) is 30.6 Å². The summed E-state index contributed by atoms with van der Waals surface area (Å²) < 4.78 is 22.4. The lowest BCUT2D eigenvalue weighted by molar-refractivity contribution is -0.122. The standard InChI is InChI=1S/C32H36N6O8/c1-18(2)25(26(40)28-36-37-30(46-28)32(3,4)20-13-14-22(43-5)23(15-20)44-6)34-24(39)17-38-21(19-11-9-8-10-12-19)16-33-27(29(38)41)35-31(42)45-7/h8-16,18,25H,17H2,1-7H3,(H,34,39)(H,33,35,42). The van der Waals surface area contributed by atoms with E-state index in [9.17, 15) is 19.2 Å². The molecule has 1 unspecified atom stereocenters. The molecule has 2 amide bonds. The van der Waals surface area contributed by atoms with E-state index in [0.717, 1.165) is 17.2 Å². The molecule has 2 aromatic heterocycles. The van der Waals surface area contributed by atoms with Crippen LogP contribution in [-0.4, -0.2) is 64.9 Å². The normalized spacial score (nSPS) is 11.9. The fourth-order valence-corrected chi connectivity index (χ4v) is 4.67. The molecule has 0 aliphatic rings. The maximum Gasteiger partial charge on any atom is 0.412 e. The lowest BCUT2D eigenvalue weighted by atomic mass is 9.84. The van der Waals surface area contributed by atoms with Gasteiger partial charge < -0.3 is 23.9 Å². The summed E-state index contributed by atoms with van der Waals surface area (Å²) in [6, 6.07) is 13.2. The number of aromatic nitrogens is 4. The number of nitrogens with one attached hydrogen (secondary N) is 2. The first-order chi connectivity index (χ1) is 21.9.